The fraction of sp³-hybridized carbons (Fsp3) is 0.625. The van der Waals surface area contributed by atoms with Gasteiger partial charge in [-0.05, 0) is 64.9 Å². The molecular formula is C32H47N9O3. The number of rotatable bonds is 11. The molecule has 6 atom stereocenters. The smallest absolute Gasteiger partial charge is 0.229 e. The van der Waals surface area contributed by atoms with Crippen LogP contribution in [-0.4, -0.2) is 123 Å². The topological polar surface area (TPSA) is 135 Å². The number of aliphatic hydroxyl groups is 2. The highest BCUT2D eigenvalue weighted by molar-refractivity contribution is 5.85. The Bertz CT molecular complexity index is 1410. The molecule has 0 unspecified atom stereocenters. The summed E-state index contributed by atoms with van der Waals surface area (Å²) >= 11 is 0. The molecule has 1 aliphatic carbocycles. The first-order valence-corrected chi connectivity index (χ1v) is 16.1. The predicted octanol–water partition coefficient (Wildman–Crippen LogP) is 1.65. The second kappa shape index (κ2) is 13.4. The summed E-state index contributed by atoms with van der Waals surface area (Å²) in [6.45, 7) is 6.54. The van der Waals surface area contributed by atoms with Crippen molar-refractivity contribution in [1.29, 1.82) is 0 Å². The molecular weight excluding hydrogens is 558 g/mol. The number of carbonyl (C=O) groups excluding carboxylic acids is 1. The van der Waals surface area contributed by atoms with E-state index in [0.717, 1.165) is 45.6 Å². The Balaban J connectivity index is 1.36. The Hall–Kier alpha value is -3.32. The van der Waals surface area contributed by atoms with E-state index in [1.165, 1.54) is 18.4 Å². The van der Waals surface area contributed by atoms with Crippen LogP contribution in [-0.2, 0) is 11.2 Å². The van der Waals surface area contributed by atoms with Crippen molar-refractivity contribution in [2.75, 3.05) is 57.0 Å². The summed E-state index contributed by atoms with van der Waals surface area (Å²) in [5, 5.41) is 28.6. The molecule has 2 aromatic heterocycles. The van der Waals surface area contributed by atoms with Gasteiger partial charge in [0.25, 0.3) is 0 Å². The van der Waals surface area contributed by atoms with Gasteiger partial charge in [0, 0.05) is 38.1 Å². The van der Waals surface area contributed by atoms with Gasteiger partial charge in [0.2, 0.25) is 11.9 Å². The molecule has 6 rings (SSSR count). The number of likely N-dealkylation sites (tertiary alicyclic amines) is 1. The molecule has 12 heteroatoms. The van der Waals surface area contributed by atoms with Crippen molar-refractivity contribution in [3.63, 3.8) is 0 Å². The van der Waals surface area contributed by atoms with E-state index in [1.54, 1.807) is 13.3 Å². The average molecular weight is 606 g/mol. The van der Waals surface area contributed by atoms with Gasteiger partial charge >= 0.3 is 0 Å². The van der Waals surface area contributed by atoms with Crippen molar-refractivity contribution in [3.05, 3.63) is 42.2 Å². The number of carbonyl (C=O) groups is 1. The van der Waals surface area contributed by atoms with Crippen molar-refractivity contribution < 1.29 is 15.0 Å². The molecule has 1 amide bonds. The van der Waals surface area contributed by atoms with E-state index in [0.29, 0.717) is 41.8 Å². The quantitative estimate of drug-likeness (QED) is 0.256. The largest absolute Gasteiger partial charge is 0.388 e. The lowest BCUT2D eigenvalue weighted by Gasteiger charge is -2.26. The minimum atomic E-state index is -1.08. The van der Waals surface area contributed by atoms with Crippen LogP contribution >= 0.6 is 0 Å². The molecule has 12 nitrogen and oxygen atoms in total. The lowest BCUT2D eigenvalue weighted by atomic mass is 10.1. The average Bonchev–Trinajstić information content (AvgIpc) is 3.83. The fourth-order valence-corrected chi connectivity index (χ4v) is 7.00. The lowest BCUT2D eigenvalue weighted by Crippen LogP contribution is -2.42. The van der Waals surface area contributed by atoms with Gasteiger partial charge < -0.3 is 40.1 Å². The highest BCUT2D eigenvalue weighted by Gasteiger charge is 2.44. The number of anilines is 2. The normalized spacial score (nSPS) is 26.6. The third-order valence-electron chi connectivity index (χ3n) is 9.61. The second-order valence-electron chi connectivity index (χ2n) is 12.9. The van der Waals surface area contributed by atoms with E-state index in [9.17, 15) is 15.0 Å². The number of nitrogens with one attached hydrogen (secondary N) is 2. The number of benzene rings is 1. The monoisotopic (exact) mass is 605 g/mol. The highest BCUT2D eigenvalue weighted by atomic mass is 16.3. The predicted molar refractivity (Wildman–Crippen MR) is 171 cm³/mol. The summed E-state index contributed by atoms with van der Waals surface area (Å²) in [7, 11) is 4.21. The zero-order chi connectivity index (χ0) is 30.8. The first-order chi connectivity index (χ1) is 21.3. The van der Waals surface area contributed by atoms with Crippen LogP contribution in [0.5, 0.6) is 0 Å². The molecule has 4 N–H and O–H groups in total. The molecule has 1 aromatic carbocycles. The minimum Gasteiger partial charge on any atom is -0.388 e. The van der Waals surface area contributed by atoms with Crippen LogP contribution in [0.25, 0.3) is 11.2 Å². The number of aliphatic hydroxyl groups excluding tert-OH is 2. The van der Waals surface area contributed by atoms with Crippen LogP contribution < -0.4 is 15.5 Å². The van der Waals surface area contributed by atoms with Gasteiger partial charge in [0.15, 0.2) is 17.0 Å². The fourth-order valence-electron chi connectivity index (χ4n) is 7.00. The van der Waals surface area contributed by atoms with Crippen LogP contribution in [0, 0.1) is 0 Å². The van der Waals surface area contributed by atoms with Crippen molar-refractivity contribution in [2.45, 2.75) is 81.8 Å². The van der Waals surface area contributed by atoms with Crippen LogP contribution in [0.2, 0.25) is 0 Å². The van der Waals surface area contributed by atoms with Gasteiger partial charge in [-0.2, -0.15) is 9.97 Å². The van der Waals surface area contributed by atoms with Crippen LogP contribution in [0.15, 0.2) is 36.7 Å². The van der Waals surface area contributed by atoms with Gasteiger partial charge in [-0.3, -0.25) is 4.79 Å². The maximum absolute atomic E-state index is 12.1. The number of nitrogens with zero attached hydrogens (tertiary/aromatic N) is 7. The Morgan fingerprint density at radius 3 is 2.57 bits per heavy atom. The third-order valence-corrected chi connectivity index (χ3v) is 9.61. The number of likely N-dealkylation sites (N-methyl/N-ethyl adjacent to an activating group) is 1. The Labute approximate surface area is 259 Å². The summed E-state index contributed by atoms with van der Waals surface area (Å²) in [6, 6.07) is 10.0. The minimum absolute atomic E-state index is 0.104. The zero-order valence-electron chi connectivity index (χ0n) is 26.1. The number of hydrogen-bond acceptors (Lipinski definition) is 10. The van der Waals surface area contributed by atoms with Gasteiger partial charge in [-0.1, -0.05) is 37.3 Å². The first kappa shape index (κ1) is 30.7. The zero-order valence-corrected chi connectivity index (χ0v) is 26.1. The standard InChI is InChI=1S/C32H47N9O3/c1-4-26(42)35-24-17-25(29(44)28(24)43)41-20-33-27-30(36-32(37-31(27)41)40-15-12-23(19-40)38(2)3)34-22(18-39-13-8-9-14-39)16-21-10-6-5-7-11-21/h5-7,10-11,20,22-25,28-29,43-44H,4,8-9,12-19H2,1-3H3,(H,35,42)(H,34,36,37)/t22-,23+,24-,25+,28+,29-/m0/s1. The van der Waals surface area contributed by atoms with Crippen LogP contribution in [0.1, 0.15) is 50.6 Å². The molecule has 238 valence electrons. The van der Waals surface area contributed by atoms with Crippen LogP contribution in [0.4, 0.5) is 11.8 Å². The van der Waals surface area contributed by atoms with Crippen molar-refractivity contribution in [3.8, 4) is 0 Å². The van der Waals surface area contributed by atoms with E-state index < -0.39 is 24.3 Å². The summed E-state index contributed by atoms with van der Waals surface area (Å²) in [5.74, 6) is 1.16. The number of hydrogen-bond donors (Lipinski definition) is 4. The Morgan fingerprint density at radius 1 is 1.09 bits per heavy atom. The molecule has 3 aliphatic rings. The van der Waals surface area contributed by atoms with Crippen molar-refractivity contribution in [2.24, 2.45) is 0 Å². The summed E-state index contributed by atoms with van der Waals surface area (Å²) in [5.41, 5.74) is 2.51. The van der Waals surface area contributed by atoms with E-state index in [4.69, 9.17) is 15.0 Å². The summed E-state index contributed by atoms with van der Waals surface area (Å²) < 4.78 is 1.86. The molecule has 2 aliphatic heterocycles. The maximum atomic E-state index is 12.1. The van der Waals surface area contributed by atoms with Gasteiger partial charge in [-0.15, -0.1) is 0 Å². The molecule has 0 radical (unpaired) electrons. The van der Waals surface area contributed by atoms with Crippen molar-refractivity contribution in [1.82, 2.24) is 34.6 Å². The molecule has 44 heavy (non-hydrogen) atoms. The molecule has 0 spiro atoms. The van der Waals surface area contributed by atoms with E-state index >= 15 is 0 Å². The van der Waals surface area contributed by atoms with Gasteiger partial charge in [-0.25, -0.2) is 4.98 Å². The number of imidazole rings is 1. The van der Waals surface area contributed by atoms with E-state index in [-0.39, 0.29) is 11.9 Å². The first-order valence-electron chi connectivity index (χ1n) is 16.1. The molecule has 1 saturated carbocycles. The van der Waals surface area contributed by atoms with Gasteiger partial charge in [0.1, 0.15) is 12.2 Å². The lowest BCUT2D eigenvalue weighted by molar-refractivity contribution is -0.122. The molecule has 0 bridgehead atoms. The SMILES string of the molecule is CCC(=O)N[C@H]1C[C@@H](n2cnc3c(N[C@@H](Cc4ccccc4)CN4CCCC4)nc(N4CC[C@@H](N(C)C)C4)nc32)[C@H](O)[C@@H]1O. The Morgan fingerprint density at radius 2 is 1.86 bits per heavy atom. The highest BCUT2D eigenvalue weighted by Crippen LogP contribution is 2.35. The Kier molecular flexibility index (Phi) is 9.31. The van der Waals surface area contributed by atoms with Gasteiger partial charge in [0.05, 0.1) is 18.4 Å². The second-order valence-corrected chi connectivity index (χ2v) is 12.9. The maximum Gasteiger partial charge on any atom is 0.229 e. The summed E-state index contributed by atoms with van der Waals surface area (Å²) in [4.78, 5) is 34.0. The van der Waals surface area contributed by atoms with Crippen molar-refractivity contribution >= 4 is 28.8 Å². The van der Waals surface area contributed by atoms with Crippen LogP contribution in [0.3, 0.4) is 0 Å². The molecule has 3 aromatic rings. The number of fused-ring (bicyclic) bond motifs is 1. The molecule has 4 heterocycles. The number of amides is 1. The number of aromatic nitrogens is 4. The van der Waals surface area contributed by atoms with E-state index in [1.807, 2.05) is 10.6 Å². The van der Waals surface area contributed by atoms with E-state index in [2.05, 4.69) is 63.7 Å². The molecule has 2 saturated heterocycles. The third kappa shape index (κ3) is 6.53. The summed E-state index contributed by atoms with van der Waals surface area (Å²) in [6.07, 6.45) is 4.54. The molecule has 3 fully saturated rings.